The van der Waals surface area contributed by atoms with Crippen molar-refractivity contribution in [1.29, 1.82) is 0 Å². The van der Waals surface area contributed by atoms with Crippen molar-refractivity contribution in [3.8, 4) is 11.5 Å². The van der Waals surface area contributed by atoms with Crippen LogP contribution in [0.25, 0.3) is 5.57 Å². The van der Waals surface area contributed by atoms with Crippen LogP contribution in [0.15, 0.2) is 48.5 Å². The number of fused-ring (bicyclic) bond motifs is 1. The van der Waals surface area contributed by atoms with E-state index in [-0.39, 0.29) is 18.8 Å². The molecule has 3 rings (SSSR count). The minimum Gasteiger partial charge on any atom is -0.493 e. The van der Waals surface area contributed by atoms with E-state index in [0.717, 1.165) is 22.4 Å². The summed E-state index contributed by atoms with van der Waals surface area (Å²) in [5.41, 5.74) is 2.58. The van der Waals surface area contributed by atoms with Crippen LogP contribution in [0.1, 0.15) is 68.9 Å². The van der Waals surface area contributed by atoms with Crippen molar-refractivity contribution in [1.82, 2.24) is 9.80 Å². The molecule has 1 aliphatic heterocycles. The Morgan fingerprint density at radius 2 is 1.77 bits per heavy atom. The second-order valence-corrected chi connectivity index (χ2v) is 10.3. The van der Waals surface area contributed by atoms with E-state index in [1.807, 2.05) is 71.0 Å². The molecule has 8 heteroatoms. The zero-order valence-electron chi connectivity index (χ0n) is 24.1. The third-order valence-electron chi connectivity index (χ3n) is 6.31. The summed E-state index contributed by atoms with van der Waals surface area (Å²) in [5.74, 6) is 1.23. The number of rotatable bonds is 7. The Hall–Kier alpha value is -3.52. The van der Waals surface area contributed by atoms with Gasteiger partial charge in [-0.05, 0) is 77.3 Å². The molecule has 39 heavy (non-hydrogen) atoms. The Balaban J connectivity index is 2.06. The van der Waals surface area contributed by atoms with Gasteiger partial charge in [0.2, 0.25) is 0 Å². The molecule has 0 radical (unpaired) electrons. The molecule has 1 heterocycles. The number of methoxy groups -OCH3 is 1. The molecule has 0 bridgehead atoms. The van der Waals surface area contributed by atoms with Gasteiger partial charge in [-0.25, -0.2) is 4.79 Å². The van der Waals surface area contributed by atoms with E-state index in [9.17, 15) is 9.59 Å². The Kier molecular flexibility index (Phi) is 10.8. The van der Waals surface area contributed by atoms with Gasteiger partial charge in [0.05, 0.1) is 6.61 Å². The molecule has 0 fully saturated rings. The lowest BCUT2D eigenvalue weighted by atomic mass is 9.94. The summed E-state index contributed by atoms with van der Waals surface area (Å²) in [7, 11) is 1.56. The van der Waals surface area contributed by atoms with Crippen LogP contribution in [0.2, 0.25) is 0 Å². The van der Waals surface area contributed by atoms with Gasteiger partial charge in [-0.2, -0.15) is 0 Å². The number of nitrogens with zero attached hydrogens (tertiary/aromatic N) is 2. The fourth-order valence-electron chi connectivity index (χ4n) is 4.42. The van der Waals surface area contributed by atoms with Crippen molar-refractivity contribution in [2.24, 2.45) is 0 Å². The monoisotopic (exact) mass is 538 g/mol. The highest BCUT2D eigenvalue weighted by Gasteiger charge is 2.23. The number of hydrogen-bond acceptors (Lipinski definition) is 6. The minimum absolute atomic E-state index is 0.0355. The van der Waals surface area contributed by atoms with Crippen LogP contribution in [0.3, 0.4) is 0 Å². The van der Waals surface area contributed by atoms with E-state index < -0.39 is 5.60 Å². The fourth-order valence-corrected chi connectivity index (χ4v) is 4.42. The molecule has 0 spiro atoms. The molecule has 0 aromatic heterocycles. The fraction of sp³-hybridized carbons (Fsp3) is 0.484. The first-order valence-electron chi connectivity index (χ1n) is 13.6. The third kappa shape index (κ3) is 8.23. The van der Waals surface area contributed by atoms with Gasteiger partial charge < -0.3 is 28.7 Å². The Labute approximate surface area is 232 Å². The highest BCUT2D eigenvalue weighted by Crippen LogP contribution is 2.37. The molecule has 0 saturated heterocycles. The van der Waals surface area contributed by atoms with E-state index in [0.29, 0.717) is 56.9 Å². The van der Waals surface area contributed by atoms with Crippen molar-refractivity contribution >= 4 is 17.6 Å². The summed E-state index contributed by atoms with van der Waals surface area (Å²) in [6.45, 7) is 12.3. The van der Waals surface area contributed by atoms with Crippen LogP contribution in [0, 0.1) is 0 Å². The summed E-state index contributed by atoms with van der Waals surface area (Å²) >= 11 is 0. The predicted octanol–water partition coefficient (Wildman–Crippen LogP) is 5.99. The topological polar surface area (TPSA) is 77.5 Å². The van der Waals surface area contributed by atoms with E-state index in [2.05, 4.69) is 6.08 Å². The summed E-state index contributed by atoms with van der Waals surface area (Å²) in [6, 6.07) is 13.4. The zero-order chi connectivity index (χ0) is 28.4. The molecule has 0 aliphatic carbocycles. The molecule has 2 aromatic rings. The molecule has 2 aromatic carbocycles. The van der Waals surface area contributed by atoms with E-state index in [4.69, 9.17) is 18.9 Å². The number of carbonyl (C=O) groups is 2. The highest BCUT2D eigenvalue weighted by atomic mass is 16.7. The van der Waals surface area contributed by atoms with Gasteiger partial charge in [0.25, 0.3) is 5.91 Å². The number of benzene rings is 2. The van der Waals surface area contributed by atoms with Crippen molar-refractivity contribution in [2.45, 2.75) is 53.1 Å². The average molecular weight is 539 g/mol. The van der Waals surface area contributed by atoms with Gasteiger partial charge in [-0.15, -0.1) is 0 Å². The maximum absolute atomic E-state index is 13.1. The summed E-state index contributed by atoms with van der Waals surface area (Å²) in [6.07, 6.45) is 3.02. The van der Waals surface area contributed by atoms with Crippen LogP contribution in [0.5, 0.6) is 11.5 Å². The lowest BCUT2D eigenvalue weighted by Gasteiger charge is -2.27. The summed E-state index contributed by atoms with van der Waals surface area (Å²) in [4.78, 5) is 29.5. The smallest absolute Gasteiger partial charge is 0.410 e. The quantitative estimate of drug-likeness (QED) is 0.403. The minimum atomic E-state index is -0.574. The number of carbonyl (C=O) groups excluding carboxylic acids is 2. The number of ether oxygens (including phenoxy) is 4. The van der Waals surface area contributed by atoms with Crippen LogP contribution in [-0.2, 0) is 9.47 Å². The molecule has 0 atom stereocenters. The van der Waals surface area contributed by atoms with Crippen molar-refractivity contribution in [3.63, 3.8) is 0 Å². The molecular weight excluding hydrogens is 496 g/mol. The molecule has 212 valence electrons. The maximum atomic E-state index is 13.1. The first kappa shape index (κ1) is 30.0. The maximum Gasteiger partial charge on any atom is 0.410 e. The lowest BCUT2D eigenvalue weighted by Crippen LogP contribution is -2.38. The third-order valence-corrected chi connectivity index (χ3v) is 6.31. The van der Waals surface area contributed by atoms with Crippen molar-refractivity contribution < 1.29 is 28.5 Å². The first-order chi connectivity index (χ1) is 18.7. The molecule has 2 amide bonds. The predicted molar refractivity (Wildman–Crippen MR) is 152 cm³/mol. The van der Waals surface area contributed by atoms with Crippen LogP contribution in [0.4, 0.5) is 4.79 Å². The van der Waals surface area contributed by atoms with Gasteiger partial charge in [-0.1, -0.05) is 24.3 Å². The number of para-hydroxylation sites is 1. The summed E-state index contributed by atoms with van der Waals surface area (Å²) < 4.78 is 23.0. The Bertz CT molecular complexity index is 1150. The molecule has 0 saturated carbocycles. The van der Waals surface area contributed by atoms with E-state index >= 15 is 0 Å². The molecule has 8 nitrogen and oxygen atoms in total. The number of hydrogen-bond donors (Lipinski definition) is 0. The van der Waals surface area contributed by atoms with Crippen LogP contribution < -0.4 is 9.47 Å². The second-order valence-electron chi connectivity index (χ2n) is 10.3. The van der Waals surface area contributed by atoms with E-state index in [1.54, 1.807) is 23.0 Å². The highest BCUT2D eigenvalue weighted by molar-refractivity contribution is 5.96. The second kappa shape index (κ2) is 14.0. The SMILES string of the molecule is CCN(CC)C(=O)c1ccc(/C2=C/CCN(C(=O)OC(C)(C)C)CCCOc3ccccc32)c(OCOC)c1. The Morgan fingerprint density at radius 1 is 1.03 bits per heavy atom. The Morgan fingerprint density at radius 3 is 2.46 bits per heavy atom. The summed E-state index contributed by atoms with van der Waals surface area (Å²) in [5, 5.41) is 0. The first-order valence-corrected chi connectivity index (χ1v) is 13.6. The number of amides is 2. The standard InChI is InChI=1S/C31H42N2O6/c1-7-32(8-2)29(34)23-16-17-26(28(21-23)38-22-36-6)24-14-11-18-33(30(35)39-31(3,4)5)19-12-20-37-27-15-10-9-13-25(24)27/h9-10,13-17,21H,7-8,11-12,18-20,22H2,1-6H3/b24-14+. The van der Waals surface area contributed by atoms with Gasteiger partial charge in [0.1, 0.15) is 17.1 Å². The van der Waals surface area contributed by atoms with Gasteiger partial charge in [-0.3, -0.25) is 4.79 Å². The van der Waals surface area contributed by atoms with Crippen LogP contribution >= 0.6 is 0 Å². The normalized spacial score (nSPS) is 15.6. The zero-order valence-corrected chi connectivity index (χ0v) is 24.1. The van der Waals surface area contributed by atoms with Crippen LogP contribution in [-0.4, -0.2) is 74.1 Å². The molecule has 0 unspecified atom stereocenters. The largest absolute Gasteiger partial charge is 0.493 e. The van der Waals surface area contributed by atoms with Gasteiger partial charge >= 0.3 is 6.09 Å². The van der Waals surface area contributed by atoms with Crippen molar-refractivity contribution in [2.75, 3.05) is 46.7 Å². The van der Waals surface area contributed by atoms with Crippen molar-refractivity contribution in [3.05, 3.63) is 65.2 Å². The van der Waals surface area contributed by atoms with Gasteiger partial charge in [0.15, 0.2) is 6.79 Å². The van der Waals surface area contributed by atoms with E-state index in [1.165, 1.54) is 0 Å². The average Bonchev–Trinajstić information content (AvgIpc) is 2.95. The molecule has 1 aliphatic rings. The molecular formula is C31H42N2O6. The lowest BCUT2D eigenvalue weighted by molar-refractivity contribution is 0.0245. The molecule has 0 N–H and O–H groups in total. The van der Waals surface area contributed by atoms with Gasteiger partial charge in [0, 0.05) is 50.0 Å².